The van der Waals surface area contributed by atoms with E-state index in [0.717, 1.165) is 47.3 Å². The Kier molecular flexibility index (Phi) is 5.98. The normalized spacial score (nSPS) is 13.7. The van der Waals surface area contributed by atoms with Crippen LogP contribution in [0.1, 0.15) is 31.2 Å². The van der Waals surface area contributed by atoms with Crippen molar-refractivity contribution in [1.29, 1.82) is 0 Å². The summed E-state index contributed by atoms with van der Waals surface area (Å²) in [5.41, 5.74) is 3.52. The van der Waals surface area contributed by atoms with Crippen LogP contribution in [0.15, 0.2) is 47.6 Å². The summed E-state index contributed by atoms with van der Waals surface area (Å²) in [6.07, 6.45) is 2.18. The third-order valence-electron chi connectivity index (χ3n) is 4.79. The summed E-state index contributed by atoms with van der Waals surface area (Å²) >= 11 is 6.85. The number of hydrogen-bond acceptors (Lipinski definition) is 6. The number of thiophene rings is 1. The van der Waals surface area contributed by atoms with Crippen LogP contribution >= 0.6 is 38.6 Å². The van der Waals surface area contributed by atoms with Crippen molar-refractivity contribution in [2.75, 3.05) is 11.9 Å². The molecule has 0 aliphatic carbocycles. The van der Waals surface area contributed by atoms with Crippen molar-refractivity contribution in [3.8, 4) is 10.6 Å². The maximum absolute atomic E-state index is 12.6. The Hall–Kier alpha value is -2.16. The van der Waals surface area contributed by atoms with Crippen molar-refractivity contribution in [2.24, 2.45) is 0 Å². The molecule has 3 aromatic rings. The maximum atomic E-state index is 12.6. The highest BCUT2D eigenvalue weighted by Crippen LogP contribution is 2.46. The minimum Gasteiger partial charge on any atom is -0.444 e. The number of allylic oxidation sites excluding steroid dienone is 1. The number of nitrogens with one attached hydrogen (secondary N) is 1. The maximum Gasteiger partial charge on any atom is 0.410 e. The van der Waals surface area contributed by atoms with E-state index in [1.165, 1.54) is 5.56 Å². The molecule has 1 aliphatic heterocycles. The van der Waals surface area contributed by atoms with Gasteiger partial charge in [0.05, 0.1) is 16.8 Å². The van der Waals surface area contributed by atoms with Crippen molar-refractivity contribution in [1.82, 2.24) is 9.88 Å². The van der Waals surface area contributed by atoms with Crippen LogP contribution in [-0.4, -0.2) is 28.1 Å². The Labute approximate surface area is 198 Å². The first-order valence-electron chi connectivity index (χ1n) is 9.92. The van der Waals surface area contributed by atoms with Crippen LogP contribution in [0.5, 0.6) is 0 Å². The topological polar surface area (TPSA) is 54.5 Å². The standard InChI is InChI=1S/C23H24BrN3O2S2/c1-6-13(2)25-20-19(21-26-16-11-14(24)7-8-17(16)30-21)15-9-10-27(12-18(15)31-20)22(28)29-23(3,4)5/h6-8,11,25H,1-2,9-10,12H2,3-5H3. The Bertz CT molecular complexity index is 1190. The number of aromatic nitrogens is 1. The predicted molar refractivity (Wildman–Crippen MR) is 134 cm³/mol. The smallest absolute Gasteiger partial charge is 0.410 e. The van der Waals surface area contributed by atoms with E-state index in [-0.39, 0.29) is 6.09 Å². The molecule has 3 heterocycles. The molecular formula is C23H24BrN3O2S2. The van der Waals surface area contributed by atoms with E-state index in [9.17, 15) is 4.79 Å². The second-order valence-electron chi connectivity index (χ2n) is 8.35. The van der Waals surface area contributed by atoms with Gasteiger partial charge in [0.25, 0.3) is 0 Å². The lowest BCUT2D eigenvalue weighted by atomic mass is 10.0. The van der Waals surface area contributed by atoms with Gasteiger partial charge in [0, 0.05) is 27.2 Å². The van der Waals surface area contributed by atoms with Crippen molar-refractivity contribution in [2.45, 2.75) is 39.3 Å². The number of hydrogen-bond donors (Lipinski definition) is 1. The van der Waals surface area contributed by atoms with Gasteiger partial charge in [-0.2, -0.15) is 0 Å². The minimum absolute atomic E-state index is 0.275. The third kappa shape index (κ3) is 4.71. The molecule has 5 nitrogen and oxygen atoms in total. The summed E-state index contributed by atoms with van der Waals surface area (Å²) in [7, 11) is 0. The van der Waals surface area contributed by atoms with Crippen LogP contribution in [0.4, 0.5) is 9.80 Å². The number of thiazole rings is 1. The molecule has 0 radical (unpaired) electrons. The van der Waals surface area contributed by atoms with E-state index in [1.54, 1.807) is 33.6 Å². The molecule has 31 heavy (non-hydrogen) atoms. The van der Waals surface area contributed by atoms with Crippen molar-refractivity contribution in [3.63, 3.8) is 0 Å². The summed E-state index contributed by atoms with van der Waals surface area (Å²) in [5.74, 6) is 0. The average Bonchev–Trinajstić information content (AvgIpc) is 3.25. The predicted octanol–water partition coefficient (Wildman–Crippen LogP) is 7.19. The number of carbonyl (C=O) groups excluding carboxylic acids is 1. The Morgan fingerprint density at radius 3 is 2.84 bits per heavy atom. The molecule has 0 saturated heterocycles. The molecule has 0 unspecified atom stereocenters. The van der Waals surface area contributed by atoms with Gasteiger partial charge in [-0.1, -0.05) is 29.1 Å². The average molecular weight is 519 g/mol. The van der Waals surface area contributed by atoms with Gasteiger partial charge in [-0.15, -0.1) is 22.7 Å². The Balaban J connectivity index is 1.74. The number of ether oxygens (including phenoxy) is 1. The van der Waals surface area contributed by atoms with Gasteiger partial charge < -0.3 is 15.0 Å². The summed E-state index contributed by atoms with van der Waals surface area (Å²) in [5, 5.41) is 5.34. The highest BCUT2D eigenvalue weighted by atomic mass is 79.9. The zero-order chi connectivity index (χ0) is 22.3. The van der Waals surface area contributed by atoms with Gasteiger partial charge in [0.1, 0.15) is 15.6 Å². The molecule has 0 spiro atoms. The van der Waals surface area contributed by atoms with E-state index in [1.807, 2.05) is 32.9 Å². The second kappa shape index (κ2) is 8.41. The van der Waals surface area contributed by atoms with Gasteiger partial charge in [-0.25, -0.2) is 9.78 Å². The van der Waals surface area contributed by atoms with Gasteiger partial charge in [-0.3, -0.25) is 0 Å². The molecule has 0 saturated carbocycles. The summed E-state index contributed by atoms with van der Waals surface area (Å²) in [6.45, 7) is 14.6. The number of rotatable bonds is 4. The molecular weight excluding hydrogens is 494 g/mol. The lowest BCUT2D eigenvalue weighted by molar-refractivity contribution is 0.0227. The fourth-order valence-electron chi connectivity index (χ4n) is 3.40. The van der Waals surface area contributed by atoms with Crippen molar-refractivity contribution in [3.05, 3.63) is 58.0 Å². The summed E-state index contributed by atoms with van der Waals surface area (Å²) in [4.78, 5) is 20.4. The highest BCUT2D eigenvalue weighted by Gasteiger charge is 2.31. The first-order chi connectivity index (χ1) is 14.6. The third-order valence-corrected chi connectivity index (χ3v) is 7.47. The van der Waals surface area contributed by atoms with E-state index >= 15 is 0 Å². The lowest BCUT2D eigenvalue weighted by Gasteiger charge is -2.30. The SMILES string of the molecule is C=CC(=C)Nc1sc2c(c1-c1nc3cc(Br)ccc3s1)CCN(C(=O)OC(C)(C)C)C2. The van der Waals surface area contributed by atoms with Gasteiger partial charge >= 0.3 is 6.09 Å². The molecule has 1 N–H and O–H groups in total. The monoisotopic (exact) mass is 517 g/mol. The van der Waals surface area contributed by atoms with Crippen LogP contribution in [0, 0.1) is 0 Å². The van der Waals surface area contributed by atoms with Crippen molar-refractivity contribution < 1.29 is 9.53 Å². The molecule has 162 valence electrons. The quantitative estimate of drug-likeness (QED) is 0.372. The van der Waals surface area contributed by atoms with E-state index < -0.39 is 5.60 Å². The second-order valence-corrected chi connectivity index (χ2v) is 11.4. The Morgan fingerprint density at radius 1 is 1.35 bits per heavy atom. The molecule has 1 aromatic carbocycles. The van der Waals surface area contributed by atoms with Crippen LogP contribution in [-0.2, 0) is 17.7 Å². The molecule has 0 bridgehead atoms. The molecule has 0 atom stereocenters. The first kappa shape index (κ1) is 22.0. The molecule has 0 fully saturated rings. The number of halogens is 1. The number of benzene rings is 1. The van der Waals surface area contributed by atoms with Gasteiger partial charge in [0.15, 0.2) is 0 Å². The molecule has 2 aromatic heterocycles. The number of anilines is 1. The first-order valence-corrected chi connectivity index (χ1v) is 12.3. The number of amides is 1. The number of nitrogens with zero attached hydrogens (tertiary/aromatic N) is 2. The van der Waals surface area contributed by atoms with Crippen LogP contribution in [0.25, 0.3) is 20.8 Å². The van der Waals surface area contributed by atoms with E-state index in [0.29, 0.717) is 13.1 Å². The fourth-order valence-corrected chi connectivity index (χ4v) is 6.14. The largest absolute Gasteiger partial charge is 0.444 e. The summed E-state index contributed by atoms with van der Waals surface area (Å²) in [6, 6.07) is 6.15. The van der Waals surface area contributed by atoms with Gasteiger partial charge in [-0.05, 0) is 57.0 Å². The van der Waals surface area contributed by atoms with E-state index in [2.05, 4.69) is 40.5 Å². The van der Waals surface area contributed by atoms with Crippen LogP contribution in [0.3, 0.4) is 0 Å². The van der Waals surface area contributed by atoms with Gasteiger partial charge in [0.2, 0.25) is 0 Å². The minimum atomic E-state index is -0.512. The molecule has 1 aliphatic rings. The van der Waals surface area contributed by atoms with Crippen LogP contribution < -0.4 is 5.32 Å². The number of fused-ring (bicyclic) bond motifs is 2. The highest BCUT2D eigenvalue weighted by molar-refractivity contribution is 9.10. The summed E-state index contributed by atoms with van der Waals surface area (Å²) < 4.78 is 7.73. The van der Waals surface area contributed by atoms with Crippen LogP contribution in [0.2, 0.25) is 0 Å². The van der Waals surface area contributed by atoms with E-state index in [4.69, 9.17) is 9.72 Å². The lowest BCUT2D eigenvalue weighted by Crippen LogP contribution is -2.39. The molecule has 4 rings (SSSR count). The Morgan fingerprint density at radius 2 is 2.13 bits per heavy atom. The zero-order valence-electron chi connectivity index (χ0n) is 17.8. The molecule has 8 heteroatoms. The zero-order valence-corrected chi connectivity index (χ0v) is 21.0. The number of carbonyl (C=O) groups is 1. The molecule has 1 amide bonds. The van der Waals surface area contributed by atoms with Crippen molar-refractivity contribution >= 4 is 59.9 Å². The fraction of sp³-hybridized carbons (Fsp3) is 0.304.